The van der Waals surface area contributed by atoms with Gasteiger partial charge in [-0.3, -0.25) is 10.2 Å². The number of carbonyl (C=O) groups excluding carboxylic acids is 1. The summed E-state index contributed by atoms with van der Waals surface area (Å²) < 4.78 is 5.37. The van der Waals surface area contributed by atoms with E-state index in [0.717, 1.165) is 11.3 Å². The van der Waals surface area contributed by atoms with Crippen LogP contribution in [-0.4, -0.2) is 16.8 Å². The smallest absolute Gasteiger partial charge is 0.319 e. The first kappa shape index (κ1) is 16.8. The Hall–Kier alpha value is -3.60. The molecule has 0 spiro atoms. The van der Waals surface area contributed by atoms with Crippen molar-refractivity contribution in [1.29, 1.82) is 0 Å². The van der Waals surface area contributed by atoms with Gasteiger partial charge in [0.15, 0.2) is 0 Å². The Balaban J connectivity index is 1.68. The molecule has 1 atom stereocenters. The van der Waals surface area contributed by atoms with E-state index in [4.69, 9.17) is 4.74 Å². The second-order valence-electron chi connectivity index (χ2n) is 6.27. The summed E-state index contributed by atoms with van der Waals surface area (Å²) >= 11 is 0. The van der Waals surface area contributed by atoms with Crippen LogP contribution in [0.3, 0.4) is 0 Å². The molecule has 0 bridgehead atoms. The number of para-hydroxylation sites is 3. The Morgan fingerprint density at radius 1 is 0.963 bits per heavy atom. The standard InChI is InChI=1S/C22H18N2O3/c25-20-12-6-4-11-17(20)19(24-23-15-8-2-1-3-9-15)14-18-16-10-5-7-13-21(16)27-22(18)26/h1-13,18,23,25H,14H2/b24-19+/t18-/m1/s1. The van der Waals surface area contributed by atoms with Crippen LogP contribution >= 0.6 is 0 Å². The van der Waals surface area contributed by atoms with Crippen LogP contribution in [0.4, 0.5) is 5.69 Å². The van der Waals surface area contributed by atoms with E-state index in [-0.39, 0.29) is 11.7 Å². The fourth-order valence-electron chi connectivity index (χ4n) is 3.13. The Kier molecular flexibility index (Phi) is 4.58. The fourth-order valence-corrected chi connectivity index (χ4v) is 3.13. The lowest BCUT2D eigenvalue weighted by Crippen LogP contribution is -2.16. The number of rotatable bonds is 5. The van der Waals surface area contributed by atoms with Gasteiger partial charge in [0.1, 0.15) is 11.5 Å². The number of nitrogens with zero attached hydrogens (tertiary/aromatic N) is 1. The molecule has 0 saturated heterocycles. The number of anilines is 1. The lowest BCUT2D eigenvalue weighted by Gasteiger charge is -2.13. The number of carbonyl (C=O) groups is 1. The topological polar surface area (TPSA) is 70.9 Å². The molecule has 5 heteroatoms. The quantitative estimate of drug-likeness (QED) is 0.309. The minimum absolute atomic E-state index is 0.116. The first-order valence-corrected chi connectivity index (χ1v) is 8.69. The Morgan fingerprint density at radius 3 is 2.48 bits per heavy atom. The van der Waals surface area contributed by atoms with Crippen LogP contribution < -0.4 is 10.2 Å². The number of phenolic OH excluding ortho intramolecular Hbond substituents is 1. The van der Waals surface area contributed by atoms with Crippen LogP contribution in [0.25, 0.3) is 0 Å². The number of hydrogen-bond donors (Lipinski definition) is 2. The molecule has 3 aromatic rings. The second kappa shape index (κ2) is 7.33. The number of fused-ring (bicyclic) bond motifs is 1. The molecule has 2 N–H and O–H groups in total. The molecule has 0 amide bonds. The fraction of sp³-hybridized carbons (Fsp3) is 0.0909. The highest BCUT2D eigenvalue weighted by molar-refractivity contribution is 6.06. The zero-order valence-corrected chi connectivity index (χ0v) is 14.5. The molecule has 0 fully saturated rings. The van der Waals surface area contributed by atoms with Crippen molar-refractivity contribution in [2.45, 2.75) is 12.3 Å². The molecule has 1 aliphatic heterocycles. The third kappa shape index (κ3) is 3.53. The van der Waals surface area contributed by atoms with Crippen molar-refractivity contribution in [3.63, 3.8) is 0 Å². The number of phenols is 1. The van der Waals surface area contributed by atoms with Crippen LogP contribution in [0.5, 0.6) is 11.5 Å². The van der Waals surface area contributed by atoms with E-state index in [0.29, 0.717) is 23.4 Å². The molecule has 1 aliphatic rings. The summed E-state index contributed by atoms with van der Waals surface area (Å²) in [6, 6.07) is 23.9. The second-order valence-corrected chi connectivity index (χ2v) is 6.27. The van der Waals surface area contributed by atoms with Gasteiger partial charge in [0.2, 0.25) is 0 Å². The van der Waals surface area contributed by atoms with Gasteiger partial charge in [-0.1, -0.05) is 48.5 Å². The average molecular weight is 358 g/mol. The molecule has 0 unspecified atom stereocenters. The van der Waals surface area contributed by atoms with E-state index < -0.39 is 5.92 Å². The highest BCUT2D eigenvalue weighted by Crippen LogP contribution is 2.38. The summed E-state index contributed by atoms with van der Waals surface area (Å²) in [6.07, 6.45) is 0.313. The molecular weight excluding hydrogens is 340 g/mol. The number of aromatic hydroxyl groups is 1. The SMILES string of the molecule is O=C1Oc2ccccc2[C@H]1C/C(=N\Nc1ccccc1)c1ccccc1O. The van der Waals surface area contributed by atoms with Gasteiger partial charge >= 0.3 is 5.97 Å². The first-order valence-electron chi connectivity index (χ1n) is 8.69. The molecule has 4 rings (SSSR count). The zero-order chi connectivity index (χ0) is 18.6. The molecule has 134 valence electrons. The van der Waals surface area contributed by atoms with Gasteiger partial charge in [0.25, 0.3) is 0 Å². The summed E-state index contributed by atoms with van der Waals surface area (Å²) in [6.45, 7) is 0. The maximum absolute atomic E-state index is 12.4. The van der Waals surface area contributed by atoms with Gasteiger partial charge in [-0.2, -0.15) is 5.10 Å². The van der Waals surface area contributed by atoms with Gasteiger partial charge in [-0.25, -0.2) is 0 Å². The molecule has 0 saturated carbocycles. The van der Waals surface area contributed by atoms with Crippen molar-refractivity contribution in [2.75, 3.05) is 5.43 Å². The normalized spacial score (nSPS) is 15.9. The molecule has 3 aromatic carbocycles. The van der Waals surface area contributed by atoms with Gasteiger partial charge in [0.05, 0.1) is 17.3 Å². The summed E-state index contributed by atoms with van der Waals surface area (Å²) in [7, 11) is 0. The maximum Gasteiger partial charge on any atom is 0.319 e. The number of ether oxygens (including phenoxy) is 1. The largest absolute Gasteiger partial charge is 0.507 e. The highest BCUT2D eigenvalue weighted by atomic mass is 16.5. The summed E-state index contributed by atoms with van der Waals surface area (Å²) in [5.41, 5.74) is 5.83. The monoisotopic (exact) mass is 358 g/mol. The Bertz CT molecular complexity index is 999. The molecule has 0 aliphatic carbocycles. The molecule has 1 heterocycles. The van der Waals surface area contributed by atoms with Gasteiger partial charge < -0.3 is 9.84 Å². The van der Waals surface area contributed by atoms with Crippen molar-refractivity contribution in [3.8, 4) is 11.5 Å². The van der Waals surface area contributed by atoms with Gasteiger partial charge in [0, 0.05) is 17.5 Å². The summed E-state index contributed by atoms with van der Waals surface area (Å²) in [5, 5.41) is 14.8. The van der Waals surface area contributed by atoms with Crippen LogP contribution in [0.1, 0.15) is 23.5 Å². The van der Waals surface area contributed by atoms with Crippen molar-refractivity contribution in [1.82, 2.24) is 0 Å². The minimum atomic E-state index is -0.461. The van der Waals surface area contributed by atoms with Crippen LogP contribution in [0.2, 0.25) is 0 Å². The van der Waals surface area contributed by atoms with E-state index in [1.165, 1.54) is 0 Å². The average Bonchev–Trinajstić information content (AvgIpc) is 3.01. The van der Waals surface area contributed by atoms with Crippen molar-refractivity contribution in [2.24, 2.45) is 5.10 Å². The predicted molar refractivity (Wildman–Crippen MR) is 104 cm³/mol. The number of esters is 1. The van der Waals surface area contributed by atoms with Crippen LogP contribution in [0.15, 0.2) is 84.0 Å². The van der Waals surface area contributed by atoms with E-state index in [2.05, 4.69) is 10.5 Å². The van der Waals surface area contributed by atoms with Gasteiger partial charge in [-0.05, 0) is 30.3 Å². The zero-order valence-electron chi connectivity index (χ0n) is 14.5. The minimum Gasteiger partial charge on any atom is -0.507 e. The van der Waals surface area contributed by atoms with Crippen molar-refractivity contribution < 1.29 is 14.6 Å². The van der Waals surface area contributed by atoms with Crippen LogP contribution in [-0.2, 0) is 4.79 Å². The first-order chi connectivity index (χ1) is 13.2. The van der Waals surface area contributed by atoms with E-state index in [9.17, 15) is 9.90 Å². The molecule has 27 heavy (non-hydrogen) atoms. The highest BCUT2D eigenvalue weighted by Gasteiger charge is 2.34. The maximum atomic E-state index is 12.4. The van der Waals surface area contributed by atoms with E-state index >= 15 is 0 Å². The molecule has 0 radical (unpaired) electrons. The molecule has 0 aromatic heterocycles. The lowest BCUT2D eigenvalue weighted by atomic mass is 9.92. The summed E-state index contributed by atoms with van der Waals surface area (Å²) in [4.78, 5) is 12.4. The molecule has 5 nitrogen and oxygen atoms in total. The Labute approximate surface area is 156 Å². The number of benzene rings is 3. The predicted octanol–water partition coefficient (Wildman–Crippen LogP) is 4.30. The van der Waals surface area contributed by atoms with Gasteiger partial charge in [-0.15, -0.1) is 0 Å². The number of hydrazone groups is 1. The van der Waals surface area contributed by atoms with E-state index in [1.54, 1.807) is 24.3 Å². The lowest BCUT2D eigenvalue weighted by molar-refractivity contribution is -0.133. The van der Waals surface area contributed by atoms with E-state index in [1.807, 2.05) is 54.6 Å². The number of hydrogen-bond acceptors (Lipinski definition) is 5. The molecular formula is C22H18N2O3. The third-order valence-corrected chi connectivity index (χ3v) is 4.50. The van der Waals surface area contributed by atoms with Crippen molar-refractivity contribution in [3.05, 3.63) is 90.0 Å². The third-order valence-electron chi connectivity index (χ3n) is 4.50. The summed E-state index contributed by atoms with van der Waals surface area (Å²) in [5.74, 6) is -0.0675. The van der Waals surface area contributed by atoms with Crippen LogP contribution in [0, 0.1) is 0 Å². The van der Waals surface area contributed by atoms with Crippen molar-refractivity contribution >= 4 is 17.4 Å². The Morgan fingerprint density at radius 2 is 1.67 bits per heavy atom. The number of nitrogens with one attached hydrogen (secondary N) is 1.